The van der Waals surface area contributed by atoms with Crippen LogP contribution in [0.5, 0.6) is 0 Å². The number of benzene rings is 1. The van der Waals surface area contributed by atoms with Crippen molar-refractivity contribution in [2.75, 3.05) is 17.6 Å². The first-order chi connectivity index (χ1) is 9.31. The molecule has 0 aliphatic heterocycles. The highest BCUT2D eigenvalue weighted by molar-refractivity contribution is 5.77. The van der Waals surface area contributed by atoms with Crippen LogP contribution in [-0.4, -0.2) is 26.5 Å². The number of aryl methyl sites for hydroxylation is 1. The molecule has 2 heterocycles. The summed E-state index contributed by atoms with van der Waals surface area (Å²) in [5, 5.41) is 10.8. The molecule has 0 aliphatic rings. The van der Waals surface area contributed by atoms with Crippen molar-refractivity contribution in [1.29, 1.82) is 0 Å². The van der Waals surface area contributed by atoms with Gasteiger partial charge in [-0.3, -0.25) is 4.68 Å². The highest BCUT2D eigenvalue weighted by Crippen LogP contribution is 2.20. The summed E-state index contributed by atoms with van der Waals surface area (Å²) >= 11 is 0. The van der Waals surface area contributed by atoms with Gasteiger partial charge in [-0.25, -0.2) is 0 Å². The third kappa shape index (κ3) is 2.65. The number of nitrogens with one attached hydrogen (secondary N) is 1. The zero-order valence-corrected chi connectivity index (χ0v) is 10.3. The fraction of sp³-hybridized carbons (Fsp3) is 0.250. The molecule has 98 valence electrons. The van der Waals surface area contributed by atoms with Crippen molar-refractivity contribution < 1.29 is 4.42 Å². The molecule has 7 heteroatoms. The number of nitrogens with two attached hydrogens (primary N) is 1. The molecule has 0 spiro atoms. The van der Waals surface area contributed by atoms with Crippen LogP contribution >= 0.6 is 0 Å². The predicted molar refractivity (Wildman–Crippen MR) is 71.6 cm³/mol. The number of hydrogen-bond donors (Lipinski definition) is 2. The predicted octanol–water partition coefficient (Wildman–Crippen LogP) is 1.50. The molecule has 0 fully saturated rings. The maximum atomic E-state index is 5.69. The van der Waals surface area contributed by atoms with Crippen LogP contribution in [0.25, 0.3) is 11.1 Å². The number of anilines is 2. The summed E-state index contributed by atoms with van der Waals surface area (Å²) in [4.78, 5) is 4.32. The average Bonchev–Trinajstić information content (AvgIpc) is 3.02. The van der Waals surface area contributed by atoms with Gasteiger partial charge >= 0.3 is 0 Å². The van der Waals surface area contributed by atoms with Crippen molar-refractivity contribution in [2.45, 2.75) is 13.0 Å². The van der Waals surface area contributed by atoms with Crippen molar-refractivity contribution >= 4 is 22.8 Å². The van der Waals surface area contributed by atoms with E-state index in [1.165, 1.54) is 0 Å². The van der Waals surface area contributed by atoms with Crippen LogP contribution in [0.15, 0.2) is 35.0 Å². The van der Waals surface area contributed by atoms with Gasteiger partial charge in [-0.15, -0.1) is 5.10 Å². The average molecular weight is 258 g/mol. The standard InChI is InChI=1S/C12H14N6O/c13-9-2-3-10-11(8-9)19-12(16-10)14-4-1-6-18-7-5-15-17-18/h2-3,5,7-8H,1,4,6,13H2,(H,14,16). The number of hydrogen-bond acceptors (Lipinski definition) is 6. The molecule has 3 rings (SSSR count). The molecular weight excluding hydrogens is 244 g/mol. The van der Waals surface area contributed by atoms with E-state index in [4.69, 9.17) is 10.2 Å². The summed E-state index contributed by atoms with van der Waals surface area (Å²) in [6, 6.07) is 5.93. The Labute approximate surface area is 109 Å². The monoisotopic (exact) mass is 258 g/mol. The van der Waals surface area contributed by atoms with Gasteiger partial charge in [-0.1, -0.05) is 5.21 Å². The minimum atomic E-state index is 0.513. The van der Waals surface area contributed by atoms with Crippen molar-refractivity contribution in [3.05, 3.63) is 30.6 Å². The first kappa shape index (κ1) is 11.5. The highest BCUT2D eigenvalue weighted by Gasteiger charge is 2.04. The second-order valence-corrected chi connectivity index (χ2v) is 4.19. The van der Waals surface area contributed by atoms with Gasteiger partial charge in [0, 0.05) is 31.0 Å². The molecule has 0 unspecified atom stereocenters. The molecule has 0 saturated carbocycles. The normalized spacial score (nSPS) is 10.9. The Bertz CT molecular complexity index is 660. The van der Waals surface area contributed by atoms with Gasteiger partial charge in [0.2, 0.25) is 0 Å². The Morgan fingerprint density at radius 1 is 1.37 bits per heavy atom. The van der Waals surface area contributed by atoms with Gasteiger partial charge in [0.25, 0.3) is 6.01 Å². The molecular formula is C12H14N6O. The van der Waals surface area contributed by atoms with Crippen LogP contribution in [0.3, 0.4) is 0 Å². The lowest BCUT2D eigenvalue weighted by Crippen LogP contribution is -2.07. The van der Waals surface area contributed by atoms with Crippen molar-refractivity contribution in [3.63, 3.8) is 0 Å². The summed E-state index contributed by atoms with van der Waals surface area (Å²) in [7, 11) is 0. The maximum Gasteiger partial charge on any atom is 0.295 e. The molecule has 0 radical (unpaired) electrons. The molecule has 0 saturated heterocycles. The summed E-state index contributed by atoms with van der Waals surface area (Å²) in [6.45, 7) is 1.56. The fourth-order valence-electron chi connectivity index (χ4n) is 1.81. The van der Waals surface area contributed by atoms with Gasteiger partial charge in [0.05, 0.1) is 6.20 Å². The molecule has 19 heavy (non-hydrogen) atoms. The van der Waals surface area contributed by atoms with Crippen LogP contribution in [-0.2, 0) is 6.54 Å². The third-order valence-electron chi connectivity index (χ3n) is 2.72. The lowest BCUT2D eigenvalue weighted by atomic mass is 10.3. The molecule has 0 amide bonds. The van der Waals surface area contributed by atoms with Crippen LogP contribution in [0.4, 0.5) is 11.7 Å². The summed E-state index contributed by atoms with van der Waals surface area (Å²) < 4.78 is 7.34. The van der Waals surface area contributed by atoms with Crippen LogP contribution in [0.1, 0.15) is 6.42 Å². The highest BCUT2D eigenvalue weighted by atomic mass is 16.4. The van der Waals surface area contributed by atoms with Crippen LogP contribution < -0.4 is 11.1 Å². The van der Waals surface area contributed by atoms with Crippen molar-refractivity contribution in [2.24, 2.45) is 0 Å². The fourth-order valence-corrected chi connectivity index (χ4v) is 1.81. The topological polar surface area (TPSA) is 94.8 Å². The Balaban J connectivity index is 1.56. The maximum absolute atomic E-state index is 5.69. The summed E-state index contributed by atoms with van der Waals surface area (Å²) in [6.07, 6.45) is 4.41. The molecule has 0 aliphatic carbocycles. The van der Waals surface area contributed by atoms with E-state index in [0.29, 0.717) is 17.3 Å². The molecule has 3 aromatic rings. The third-order valence-corrected chi connectivity index (χ3v) is 2.72. The van der Waals surface area contributed by atoms with Gasteiger partial charge in [0.1, 0.15) is 5.52 Å². The Morgan fingerprint density at radius 3 is 3.16 bits per heavy atom. The lowest BCUT2D eigenvalue weighted by Gasteiger charge is -2.01. The van der Waals surface area contributed by atoms with Gasteiger partial charge in [-0.2, -0.15) is 4.98 Å². The van der Waals surface area contributed by atoms with E-state index in [-0.39, 0.29) is 0 Å². The Kier molecular flexibility index (Phi) is 3.01. The number of oxazole rings is 1. The van der Waals surface area contributed by atoms with Gasteiger partial charge in [0.15, 0.2) is 5.58 Å². The number of fused-ring (bicyclic) bond motifs is 1. The summed E-state index contributed by atoms with van der Waals surface area (Å²) in [5.74, 6) is 0. The van der Waals surface area contributed by atoms with Crippen molar-refractivity contribution in [3.8, 4) is 0 Å². The molecule has 0 bridgehead atoms. The van der Waals surface area contributed by atoms with Crippen LogP contribution in [0, 0.1) is 0 Å². The SMILES string of the molecule is Nc1ccc2nc(NCCCn3ccnn3)oc2c1. The zero-order valence-electron chi connectivity index (χ0n) is 10.3. The molecule has 2 aromatic heterocycles. The first-order valence-electron chi connectivity index (χ1n) is 6.05. The van der Waals surface area contributed by atoms with E-state index in [1.54, 1.807) is 23.0 Å². The zero-order chi connectivity index (χ0) is 13.1. The lowest BCUT2D eigenvalue weighted by molar-refractivity contribution is 0.560. The van der Waals surface area contributed by atoms with E-state index in [1.807, 2.05) is 12.3 Å². The van der Waals surface area contributed by atoms with E-state index in [9.17, 15) is 0 Å². The number of nitrogen functional groups attached to an aromatic ring is 1. The Morgan fingerprint density at radius 2 is 2.32 bits per heavy atom. The number of aromatic nitrogens is 4. The summed E-state index contributed by atoms with van der Waals surface area (Å²) in [5.41, 5.74) is 7.85. The van der Waals surface area contributed by atoms with Crippen LogP contribution in [0.2, 0.25) is 0 Å². The number of rotatable bonds is 5. The van der Waals surface area contributed by atoms with E-state index in [2.05, 4.69) is 20.6 Å². The molecule has 7 nitrogen and oxygen atoms in total. The quantitative estimate of drug-likeness (QED) is 0.532. The van der Waals surface area contributed by atoms with E-state index >= 15 is 0 Å². The van der Waals surface area contributed by atoms with Gasteiger partial charge < -0.3 is 15.5 Å². The smallest absolute Gasteiger partial charge is 0.295 e. The molecule has 0 atom stereocenters. The Hall–Kier alpha value is -2.57. The van der Waals surface area contributed by atoms with E-state index < -0.39 is 0 Å². The largest absolute Gasteiger partial charge is 0.423 e. The van der Waals surface area contributed by atoms with Crippen molar-refractivity contribution in [1.82, 2.24) is 20.0 Å². The first-order valence-corrected chi connectivity index (χ1v) is 6.05. The van der Waals surface area contributed by atoms with E-state index in [0.717, 1.165) is 25.0 Å². The second kappa shape index (κ2) is 4.97. The molecule has 1 aromatic carbocycles. The minimum Gasteiger partial charge on any atom is -0.423 e. The number of nitrogens with zero attached hydrogens (tertiary/aromatic N) is 4. The minimum absolute atomic E-state index is 0.513. The molecule has 3 N–H and O–H groups in total. The second-order valence-electron chi connectivity index (χ2n) is 4.19. The van der Waals surface area contributed by atoms with Gasteiger partial charge in [-0.05, 0) is 18.6 Å².